The largest absolute Gasteiger partial charge is 0.316 e. The SMILES string of the molecule is Cc1c([N+]2(C3CCNCC3)CCCCC2)ccc([N+](=O)[O-])c1Cl. The average Bonchev–Trinajstić information content (AvgIpc) is 2.58. The summed E-state index contributed by atoms with van der Waals surface area (Å²) in [5, 5.41) is 14.9. The van der Waals surface area contributed by atoms with Crippen molar-refractivity contribution in [3.63, 3.8) is 0 Å². The molecule has 0 spiro atoms. The zero-order chi connectivity index (χ0) is 16.4. The van der Waals surface area contributed by atoms with Crippen LogP contribution >= 0.6 is 11.6 Å². The van der Waals surface area contributed by atoms with E-state index in [2.05, 4.69) is 5.32 Å². The maximum atomic E-state index is 11.2. The number of halogens is 1. The Morgan fingerprint density at radius 2 is 1.87 bits per heavy atom. The summed E-state index contributed by atoms with van der Waals surface area (Å²) in [7, 11) is 0. The van der Waals surface area contributed by atoms with E-state index < -0.39 is 0 Å². The van der Waals surface area contributed by atoms with E-state index in [0.29, 0.717) is 11.1 Å². The lowest BCUT2D eigenvalue weighted by atomic mass is 9.93. The molecule has 0 aromatic heterocycles. The fourth-order valence-corrected chi connectivity index (χ4v) is 4.69. The first-order valence-electron chi connectivity index (χ1n) is 8.58. The van der Waals surface area contributed by atoms with E-state index in [-0.39, 0.29) is 10.6 Å². The second-order valence-electron chi connectivity index (χ2n) is 6.82. The van der Waals surface area contributed by atoms with Crippen molar-refractivity contribution < 1.29 is 4.92 Å². The lowest BCUT2D eigenvalue weighted by molar-refractivity contribution is -0.384. The Morgan fingerprint density at radius 1 is 1.22 bits per heavy atom. The van der Waals surface area contributed by atoms with Gasteiger partial charge in [-0.3, -0.25) is 14.6 Å². The highest BCUT2D eigenvalue weighted by Gasteiger charge is 2.42. The van der Waals surface area contributed by atoms with Gasteiger partial charge in [0.1, 0.15) is 10.7 Å². The minimum absolute atomic E-state index is 0.0217. The molecule has 2 heterocycles. The summed E-state index contributed by atoms with van der Waals surface area (Å²) in [5.41, 5.74) is 2.11. The first-order valence-corrected chi connectivity index (χ1v) is 8.95. The number of hydrogen-bond acceptors (Lipinski definition) is 3. The van der Waals surface area contributed by atoms with E-state index in [4.69, 9.17) is 11.6 Å². The molecule has 2 fully saturated rings. The zero-order valence-corrected chi connectivity index (χ0v) is 14.4. The number of likely N-dealkylation sites (tertiary alicyclic amines) is 1. The number of benzene rings is 1. The highest BCUT2D eigenvalue weighted by atomic mass is 35.5. The molecule has 5 nitrogen and oxygen atoms in total. The average molecular weight is 339 g/mol. The first-order chi connectivity index (χ1) is 11.1. The topological polar surface area (TPSA) is 55.2 Å². The van der Waals surface area contributed by atoms with Crippen molar-refractivity contribution in [2.45, 2.75) is 45.1 Å². The summed E-state index contributed by atoms with van der Waals surface area (Å²) < 4.78 is 0.964. The number of nitro groups is 1. The minimum Gasteiger partial charge on any atom is -0.316 e. The molecule has 1 aromatic rings. The van der Waals surface area contributed by atoms with Crippen LogP contribution in [-0.4, -0.2) is 37.1 Å². The number of hydrogen-bond donors (Lipinski definition) is 1. The number of piperidine rings is 2. The van der Waals surface area contributed by atoms with Gasteiger partial charge in [0.05, 0.1) is 24.1 Å². The molecule has 0 atom stereocenters. The highest BCUT2D eigenvalue weighted by molar-refractivity contribution is 6.33. The summed E-state index contributed by atoms with van der Waals surface area (Å²) >= 11 is 6.35. The van der Waals surface area contributed by atoms with E-state index >= 15 is 0 Å². The van der Waals surface area contributed by atoms with Crippen molar-refractivity contribution in [2.75, 3.05) is 26.2 Å². The number of nitrogens with one attached hydrogen (secondary N) is 1. The number of nitro benzene ring substituents is 1. The van der Waals surface area contributed by atoms with Gasteiger partial charge in [-0.2, -0.15) is 0 Å². The van der Waals surface area contributed by atoms with Crippen LogP contribution in [-0.2, 0) is 0 Å². The van der Waals surface area contributed by atoms with E-state index in [1.165, 1.54) is 24.9 Å². The Hall–Kier alpha value is -1.17. The number of rotatable bonds is 3. The molecule has 1 aromatic carbocycles. The summed E-state index contributed by atoms with van der Waals surface area (Å²) in [5.74, 6) is 0. The third kappa shape index (κ3) is 2.97. The predicted molar refractivity (Wildman–Crippen MR) is 94.1 cm³/mol. The lowest BCUT2D eigenvalue weighted by Gasteiger charge is -2.49. The molecule has 0 unspecified atom stereocenters. The number of nitrogens with zero attached hydrogens (tertiary/aromatic N) is 2. The van der Waals surface area contributed by atoms with Crippen LogP contribution in [0.15, 0.2) is 12.1 Å². The molecular weight excluding hydrogens is 314 g/mol. The molecule has 0 aliphatic carbocycles. The van der Waals surface area contributed by atoms with E-state index in [9.17, 15) is 10.1 Å². The Morgan fingerprint density at radius 3 is 2.48 bits per heavy atom. The van der Waals surface area contributed by atoms with E-state index in [1.807, 2.05) is 13.0 Å². The Balaban J connectivity index is 2.06. The summed E-state index contributed by atoms with van der Waals surface area (Å²) in [6.07, 6.45) is 6.04. The van der Waals surface area contributed by atoms with Crippen molar-refractivity contribution in [1.29, 1.82) is 0 Å². The third-order valence-corrected chi connectivity index (χ3v) is 6.11. The van der Waals surface area contributed by atoms with Crippen molar-refractivity contribution in [2.24, 2.45) is 0 Å². The van der Waals surface area contributed by atoms with Crippen molar-refractivity contribution in [3.8, 4) is 0 Å². The summed E-state index contributed by atoms with van der Waals surface area (Å²) in [4.78, 5) is 10.8. The fraction of sp³-hybridized carbons (Fsp3) is 0.647. The van der Waals surface area contributed by atoms with Gasteiger partial charge in [-0.15, -0.1) is 0 Å². The molecule has 0 saturated carbocycles. The van der Waals surface area contributed by atoms with E-state index in [1.54, 1.807) is 6.07 Å². The highest BCUT2D eigenvalue weighted by Crippen LogP contribution is 2.42. The van der Waals surface area contributed by atoms with Crippen LogP contribution in [0.1, 0.15) is 37.7 Å². The van der Waals surface area contributed by atoms with Crippen molar-refractivity contribution in [1.82, 2.24) is 9.80 Å². The molecule has 1 N–H and O–H groups in total. The van der Waals surface area contributed by atoms with Gasteiger partial charge in [0.2, 0.25) is 0 Å². The van der Waals surface area contributed by atoms with Crippen LogP contribution in [0.4, 0.5) is 11.4 Å². The standard InChI is InChI=1S/C17H25ClN3O2/c1-13-16(6-5-15(17(13)18)20(22)23)21(11-3-2-4-12-21)14-7-9-19-10-8-14/h5-6,14,19H,2-4,7-12H2,1H3/q+1. The zero-order valence-electron chi connectivity index (χ0n) is 13.7. The molecule has 126 valence electrons. The molecule has 0 amide bonds. The van der Waals surface area contributed by atoms with Gasteiger partial charge in [-0.05, 0) is 26.2 Å². The van der Waals surface area contributed by atoms with Gasteiger partial charge < -0.3 is 5.32 Å². The molecule has 3 rings (SSSR count). The molecular formula is C17H25ClN3O2+. The van der Waals surface area contributed by atoms with Gasteiger partial charge in [-0.1, -0.05) is 11.6 Å². The molecule has 2 aliphatic rings. The fourth-order valence-electron chi connectivity index (χ4n) is 4.46. The van der Waals surface area contributed by atoms with Crippen LogP contribution in [0.5, 0.6) is 0 Å². The summed E-state index contributed by atoms with van der Waals surface area (Å²) in [6, 6.07) is 4.15. The van der Waals surface area contributed by atoms with Crippen LogP contribution < -0.4 is 9.80 Å². The Labute approximate surface area is 142 Å². The maximum Gasteiger partial charge on any atom is 0.288 e. The first kappa shape index (κ1) is 16.7. The van der Waals surface area contributed by atoms with E-state index in [0.717, 1.165) is 49.1 Å². The normalized spacial score (nSPS) is 22.0. The monoisotopic (exact) mass is 338 g/mol. The smallest absolute Gasteiger partial charge is 0.288 e. The van der Waals surface area contributed by atoms with Gasteiger partial charge in [0.25, 0.3) is 5.69 Å². The molecule has 2 aliphatic heterocycles. The maximum absolute atomic E-state index is 11.2. The van der Waals surface area contributed by atoms with Crippen LogP contribution in [0.3, 0.4) is 0 Å². The second-order valence-corrected chi connectivity index (χ2v) is 7.20. The molecule has 2 saturated heterocycles. The number of quaternary nitrogens is 1. The van der Waals surface area contributed by atoms with Crippen LogP contribution in [0, 0.1) is 17.0 Å². The molecule has 0 bridgehead atoms. The van der Waals surface area contributed by atoms with Crippen molar-refractivity contribution in [3.05, 3.63) is 32.8 Å². The summed E-state index contributed by atoms with van der Waals surface area (Å²) in [6.45, 7) is 6.31. The van der Waals surface area contributed by atoms with Crippen LogP contribution in [0.2, 0.25) is 5.02 Å². The second kappa shape index (κ2) is 6.75. The quantitative estimate of drug-likeness (QED) is 0.518. The van der Waals surface area contributed by atoms with Crippen LogP contribution in [0.25, 0.3) is 0 Å². The van der Waals surface area contributed by atoms with Gasteiger partial charge in [-0.25, -0.2) is 0 Å². The van der Waals surface area contributed by atoms with Gasteiger partial charge in [0.15, 0.2) is 0 Å². The van der Waals surface area contributed by atoms with Gasteiger partial charge in [0, 0.05) is 43.6 Å². The molecule has 23 heavy (non-hydrogen) atoms. The van der Waals surface area contributed by atoms with Crippen molar-refractivity contribution >= 4 is 23.0 Å². The van der Waals surface area contributed by atoms with Gasteiger partial charge >= 0.3 is 0 Å². The Bertz CT molecular complexity index is 594. The minimum atomic E-state index is -0.385. The molecule has 0 radical (unpaired) electrons. The Kier molecular flexibility index (Phi) is 4.90. The third-order valence-electron chi connectivity index (χ3n) is 5.64. The predicted octanol–water partition coefficient (Wildman–Crippen LogP) is 3.80. The lowest BCUT2D eigenvalue weighted by Crippen LogP contribution is -2.62. The molecule has 6 heteroatoms.